The molecule has 1 aromatic carbocycles. The van der Waals surface area contributed by atoms with Crippen molar-refractivity contribution < 1.29 is 14.3 Å². The molecule has 1 aromatic heterocycles. The van der Waals surface area contributed by atoms with Crippen molar-refractivity contribution in [3.8, 4) is 0 Å². The lowest BCUT2D eigenvalue weighted by molar-refractivity contribution is -0.119. The maximum absolute atomic E-state index is 14.0. The van der Waals surface area contributed by atoms with Crippen LogP contribution in [0.5, 0.6) is 0 Å². The summed E-state index contributed by atoms with van der Waals surface area (Å²) in [6.45, 7) is 1.29. The molecule has 5 nitrogen and oxygen atoms in total. The Labute approximate surface area is 95.8 Å². The molecule has 2 N–H and O–H groups in total. The highest BCUT2D eigenvalue weighted by Crippen LogP contribution is 2.34. The van der Waals surface area contributed by atoms with Crippen molar-refractivity contribution in [2.75, 3.05) is 5.32 Å². The normalized spacial score (nSPS) is 18.5. The van der Waals surface area contributed by atoms with Crippen LogP contribution in [0.4, 0.5) is 10.1 Å². The van der Waals surface area contributed by atoms with E-state index in [1.165, 1.54) is 4.68 Å². The molecular weight excluding hydrogens is 225 g/mol. The summed E-state index contributed by atoms with van der Waals surface area (Å²) in [5.41, 5.74) is 0.820. The number of nitrogens with one attached hydrogen (secondary N) is 1. The predicted octanol–water partition coefficient (Wildman–Crippen LogP) is 1.18. The van der Waals surface area contributed by atoms with Gasteiger partial charge in [0.25, 0.3) is 0 Å². The van der Waals surface area contributed by atoms with Crippen LogP contribution < -0.4 is 5.32 Å². The Hall–Kier alpha value is -1.95. The van der Waals surface area contributed by atoms with Crippen molar-refractivity contribution in [2.24, 2.45) is 0 Å². The molecule has 88 valence electrons. The Kier molecular flexibility index (Phi) is 1.97. The summed E-state index contributed by atoms with van der Waals surface area (Å²) in [6.07, 6.45) is 1.56. The van der Waals surface area contributed by atoms with E-state index in [1.54, 1.807) is 19.2 Å². The number of aromatic nitrogens is 2. The number of hydrogen-bond donors (Lipinski definition) is 2. The number of nitrogens with zero attached hydrogens (tertiary/aromatic N) is 2. The molecule has 1 unspecified atom stereocenters. The molecule has 1 amide bonds. The van der Waals surface area contributed by atoms with E-state index < -0.39 is 18.5 Å². The van der Waals surface area contributed by atoms with Gasteiger partial charge >= 0.3 is 0 Å². The van der Waals surface area contributed by atoms with Crippen molar-refractivity contribution in [2.45, 2.75) is 19.6 Å². The lowest BCUT2D eigenvalue weighted by Crippen LogP contribution is -2.29. The van der Waals surface area contributed by atoms with Crippen LogP contribution in [0.3, 0.4) is 0 Å². The summed E-state index contributed by atoms with van der Waals surface area (Å²) in [5, 5.41) is 16.4. The van der Waals surface area contributed by atoms with Crippen LogP contribution >= 0.6 is 0 Å². The first kappa shape index (κ1) is 10.2. The Bertz CT molecular complexity index is 635. The van der Waals surface area contributed by atoms with E-state index in [2.05, 4.69) is 10.4 Å². The van der Waals surface area contributed by atoms with Crippen LogP contribution in [-0.4, -0.2) is 20.8 Å². The van der Waals surface area contributed by atoms with E-state index in [-0.39, 0.29) is 17.2 Å². The van der Waals surface area contributed by atoms with E-state index in [4.69, 9.17) is 5.11 Å². The van der Waals surface area contributed by atoms with Gasteiger partial charge in [0.1, 0.15) is 11.7 Å². The molecular formula is C11H10FN3O2. The molecule has 1 aliphatic heterocycles. The first-order chi connectivity index (χ1) is 8.13. The van der Waals surface area contributed by atoms with Crippen LogP contribution in [0.25, 0.3) is 10.9 Å². The van der Waals surface area contributed by atoms with E-state index in [0.717, 1.165) is 0 Å². The lowest BCUT2D eigenvalue weighted by atomic mass is 10.1. The number of carbonyl (C=O) groups is 1. The molecule has 0 saturated carbocycles. The Balaban J connectivity index is 2.42. The van der Waals surface area contributed by atoms with Crippen molar-refractivity contribution >= 4 is 22.5 Å². The third-order valence-corrected chi connectivity index (χ3v) is 3.06. The highest BCUT2D eigenvalue weighted by Gasteiger charge is 2.29. The van der Waals surface area contributed by atoms with Crippen molar-refractivity contribution in [1.82, 2.24) is 9.78 Å². The zero-order valence-corrected chi connectivity index (χ0v) is 9.07. The van der Waals surface area contributed by atoms with Crippen LogP contribution in [0.2, 0.25) is 0 Å². The van der Waals surface area contributed by atoms with Gasteiger partial charge in [-0.2, -0.15) is 5.10 Å². The number of carbonyl (C=O) groups excluding carboxylic acids is 1. The number of halogens is 1. The molecule has 0 aliphatic carbocycles. The van der Waals surface area contributed by atoms with Crippen LogP contribution in [0, 0.1) is 5.82 Å². The fraction of sp³-hybridized carbons (Fsp3) is 0.273. The fourth-order valence-corrected chi connectivity index (χ4v) is 2.12. The summed E-state index contributed by atoms with van der Waals surface area (Å²) in [7, 11) is 0. The minimum absolute atomic E-state index is 0.104. The van der Waals surface area contributed by atoms with Crippen LogP contribution in [0.15, 0.2) is 12.3 Å². The number of anilines is 1. The third kappa shape index (κ3) is 1.21. The van der Waals surface area contributed by atoms with Crippen LogP contribution in [0.1, 0.15) is 18.5 Å². The maximum atomic E-state index is 14.0. The molecule has 1 aliphatic rings. The minimum Gasteiger partial charge on any atom is -0.392 e. The van der Waals surface area contributed by atoms with Gasteiger partial charge in [0.15, 0.2) is 5.82 Å². The molecule has 3 rings (SSSR count). The van der Waals surface area contributed by atoms with Crippen molar-refractivity contribution in [3.05, 3.63) is 23.6 Å². The number of aliphatic hydroxyl groups is 1. The molecule has 2 aromatic rings. The molecule has 2 heterocycles. The number of amides is 1. The summed E-state index contributed by atoms with van der Waals surface area (Å²) in [4.78, 5) is 11.6. The van der Waals surface area contributed by atoms with E-state index in [0.29, 0.717) is 10.9 Å². The molecule has 6 heteroatoms. The summed E-state index contributed by atoms with van der Waals surface area (Å²) in [5.74, 6) is -0.904. The Morgan fingerprint density at radius 1 is 1.65 bits per heavy atom. The molecule has 0 spiro atoms. The second-order valence-corrected chi connectivity index (χ2v) is 4.07. The average molecular weight is 235 g/mol. The van der Waals surface area contributed by atoms with Crippen molar-refractivity contribution in [1.29, 1.82) is 0 Å². The Morgan fingerprint density at radius 3 is 3.12 bits per heavy atom. The molecule has 1 atom stereocenters. The maximum Gasteiger partial charge on any atom is 0.249 e. The second-order valence-electron chi connectivity index (χ2n) is 4.07. The summed E-state index contributed by atoms with van der Waals surface area (Å²) < 4.78 is 15.5. The number of benzene rings is 1. The zero-order valence-electron chi connectivity index (χ0n) is 9.07. The molecule has 0 fully saturated rings. The second kappa shape index (κ2) is 3.27. The molecule has 0 radical (unpaired) electrons. The quantitative estimate of drug-likeness (QED) is 0.780. The topological polar surface area (TPSA) is 67.2 Å². The molecule has 0 bridgehead atoms. The van der Waals surface area contributed by atoms with Gasteiger partial charge < -0.3 is 10.4 Å². The van der Waals surface area contributed by atoms with Crippen molar-refractivity contribution in [3.63, 3.8) is 0 Å². The van der Waals surface area contributed by atoms with Gasteiger partial charge in [-0.25, -0.2) is 4.39 Å². The average Bonchev–Trinajstić information content (AvgIpc) is 2.74. The lowest BCUT2D eigenvalue weighted by Gasteiger charge is -2.22. The standard InChI is InChI=1S/C11H10FN3O2/c1-5-11(17)14-9-8(12)7(4-16)2-6-3-13-15(5)10(6)9/h2-3,5,16H,4H2,1H3,(H,14,17). The van der Waals surface area contributed by atoms with Crippen LogP contribution in [-0.2, 0) is 11.4 Å². The van der Waals surface area contributed by atoms with E-state index in [1.807, 2.05) is 0 Å². The first-order valence-electron chi connectivity index (χ1n) is 5.23. The summed E-state index contributed by atoms with van der Waals surface area (Å²) >= 11 is 0. The number of hydrogen-bond acceptors (Lipinski definition) is 3. The van der Waals surface area contributed by atoms with Gasteiger partial charge in [0.05, 0.1) is 18.3 Å². The third-order valence-electron chi connectivity index (χ3n) is 3.06. The highest BCUT2D eigenvalue weighted by molar-refractivity contribution is 6.06. The van der Waals surface area contributed by atoms with Gasteiger partial charge in [-0.05, 0) is 13.0 Å². The van der Waals surface area contributed by atoms with Gasteiger partial charge in [-0.1, -0.05) is 0 Å². The largest absolute Gasteiger partial charge is 0.392 e. The minimum atomic E-state index is -0.595. The SMILES string of the molecule is CC1C(=O)Nc2c(F)c(CO)cc3cnn1c23. The number of rotatable bonds is 1. The summed E-state index contributed by atoms with van der Waals surface area (Å²) in [6, 6.07) is 1.08. The first-order valence-corrected chi connectivity index (χ1v) is 5.23. The van der Waals surface area contributed by atoms with E-state index in [9.17, 15) is 9.18 Å². The van der Waals surface area contributed by atoms with Gasteiger partial charge in [-0.15, -0.1) is 0 Å². The monoisotopic (exact) mass is 235 g/mol. The van der Waals surface area contributed by atoms with Gasteiger partial charge in [0, 0.05) is 10.9 Å². The number of aliphatic hydroxyl groups excluding tert-OH is 1. The van der Waals surface area contributed by atoms with Gasteiger partial charge in [-0.3, -0.25) is 9.48 Å². The predicted molar refractivity (Wildman–Crippen MR) is 59.0 cm³/mol. The zero-order chi connectivity index (χ0) is 12.2. The molecule has 0 saturated heterocycles. The highest BCUT2D eigenvalue weighted by atomic mass is 19.1. The fourth-order valence-electron chi connectivity index (χ4n) is 2.12. The van der Waals surface area contributed by atoms with E-state index >= 15 is 0 Å². The smallest absolute Gasteiger partial charge is 0.249 e. The molecule has 17 heavy (non-hydrogen) atoms. The van der Waals surface area contributed by atoms with Gasteiger partial charge in [0.2, 0.25) is 5.91 Å². The Morgan fingerprint density at radius 2 is 2.41 bits per heavy atom.